The summed E-state index contributed by atoms with van der Waals surface area (Å²) in [6.45, 7) is 3.60. The number of rotatable bonds is 3. The molecular formula is C10H9BrO. The van der Waals surface area contributed by atoms with Crippen LogP contribution in [0.2, 0.25) is 0 Å². The number of allylic oxidation sites excluding steroid dienone is 1. The lowest BCUT2D eigenvalue weighted by Crippen LogP contribution is -1.96. The van der Waals surface area contributed by atoms with E-state index in [2.05, 4.69) is 22.5 Å². The largest absolute Gasteiger partial charge is 0.302 e. The van der Waals surface area contributed by atoms with Crippen molar-refractivity contribution in [1.82, 2.24) is 0 Å². The van der Waals surface area contributed by atoms with E-state index in [0.717, 1.165) is 16.3 Å². The summed E-state index contributed by atoms with van der Waals surface area (Å²) in [5.74, 6) is -0.208. The average molecular weight is 225 g/mol. The smallest absolute Gasteiger partial charge is 0.131 e. The molecule has 1 rings (SSSR count). The minimum atomic E-state index is -0.208. The van der Waals surface area contributed by atoms with Gasteiger partial charge in [-0.25, -0.2) is 0 Å². The molecule has 1 atom stereocenters. The first-order valence-corrected chi connectivity index (χ1v) is 4.41. The number of hydrogen-bond donors (Lipinski definition) is 0. The van der Waals surface area contributed by atoms with Gasteiger partial charge in [-0.05, 0) is 11.6 Å². The molecule has 0 aliphatic rings. The van der Waals surface area contributed by atoms with Gasteiger partial charge < -0.3 is 4.79 Å². The van der Waals surface area contributed by atoms with Crippen molar-refractivity contribution in [1.29, 1.82) is 0 Å². The minimum absolute atomic E-state index is 0.208. The maximum Gasteiger partial charge on any atom is 0.131 e. The first kappa shape index (κ1) is 9.20. The summed E-state index contributed by atoms with van der Waals surface area (Å²) in [6.07, 6.45) is 2.51. The minimum Gasteiger partial charge on any atom is -0.302 e. The molecule has 0 amide bonds. The fourth-order valence-corrected chi connectivity index (χ4v) is 1.55. The zero-order valence-electron chi connectivity index (χ0n) is 6.53. The Morgan fingerprint density at radius 3 is 2.58 bits per heavy atom. The van der Waals surface area contributed by atoms with Gasteiger partial charge in [0, 0.05) is 4.47 Å². The molecule has 1 aromatic rings. The standard InChI is InChI=1S/C10H9BrO/c1-2-8(7-12)9-5-3-4-6-10(9)11/h2-8H,1H2. The van der Waals surface area contributed by atoms with E-state index in [4.69, 9.17) is 0 Å². The Morgan fingerprint density at radius 1 is 1.42 bits per heavy atom. The highest BCUT2D eigenvalue weighted by Gasteiger charge is 2.07. The second kappa shape index (κ2) is 4.21. The van der Waals surface area contributed by atoms with Crippen LogP contribution in [-0.2, 0) is 4.79 Å². The van der Waals surface area contributed by atoms with Crippen molar-refractivity contribution in [3.63, 3.8) is 0 Å². The van der Waals surface area contributed by atoms with Gasteiger partial charge in [0.2, 0.25) is 0 Å². The molecule has 0 N–H and O–H groups in total. The highest BCUT2D eigenvalue weighted by atomic mass is 79.9. The maximum absolute atomic E-state index is 10.6. The van der Waals surface area contributed by atoms with E-state index < -0.39 is 0 Å². The molecular weight excluding hydrogens is 216 g/mol. The molecule has 0 fully saturated rings. The van der Waals surface area contributed by atoms with E-state index in [1.54, 1.807) is 6.08 Å². The first-order valence-electron chi connectivity index (χ1n) is 3.62. The Kier molecular flexibility index (Phi) is 3.23. The lowest BCUT2D eigenvalue weighted by molar-refractivity contribution is -0.108. The predicted molar refractivity (Wildman–Crippen MR) is 53.1 cm³/mol. The van der Waals surface area contributed by atoms with Crippen LogP contribution in [0.1, 0.15) is 11.5 Å². The summed E-state index contributed by atoms with van der Waals surface area (Å²) in [5.41, 5.74) is 0.961. The van der Waals surface area contributed by atoms with Crippen molar-refractivity contribution < 1.29 is 4.79 Å². The lowest BCUT2D eigenvalue weighted by atomic mass is 10.0. The van der Waals surface area contributed by atoms with Crippen LogP contribution < -0.4 is 0 Å². The Balaban J connectivity index is 3.08. The highest BCUT2D eigenvalue weighted by Crippen LogP contribution is 2.23. The number of aldehydes is 1. The number of carbonyl (C=O) groups is 1. The molecule has 62 valence electrons. The number of carbonyl (C=O) groups excluding carboxylic acids is 1. The van der Waals surface area contributed by atoms with Gasteiger partial charge in [-0.2, -0.15) is 0 Å². The molecule has 0 aromatic heterocycles. The summed E-state index contributed by atoms with van der Waals surface area (Å²) in [4.78, 5) is 10.6. The van der Waals surface area contributed by atoms with Crippen LogP contribution in [0.5, 0.6) is 0 Å². The van der Waals surface area contributed by atoms with Gasteiger partial charge in [-0.15, -0.1) is 6.58 Å². The predicted octanol–water partition coefficient (Wildman–Crippen LogP) is 2.92. The van der Waals surface area contributed by atoms with Crippen molar-refractivity contribution in [2.45, 2.75) is 5.92 Å². The molecule has 0 saturated carbocycles. The molecule has 0 spiro atoms. The van der Waals surface area contributed by atoms with Crippen molar-refractivity contribution in [3.8, 4) is 0 Å². The van der Waals surface area contributed by atoms with Gasteiger partial charge in [0.25, 0.3) is 0 Å². The molecule has 0 saturated heterocycles. The van der Waals surface area contributed by atoms with Crippen LogP contribution in [0.4, 0.5) is 0 Å². The second-order valence-corrected chi connectivity index (χ2v) is 3.27. The van der Waals surface area contributed by atoms with Gasteiger partial charge in [0.1, 0.15) is 6.29 Å². The quantitative estimate of drug-likeness (QED) is 0.571. The van der Waals surface area contributed by atoms with Gasteiger partial charge in [0.15, 0.2) is 0 Å². The summed E-state index contributed by atoms with van der Waals surface area (Å²) in [7, 11) is 0. The fraction of sp³-hybridized carbons (Fsp3) is 0.100. The van der Waals surface area contributed by atoms with E-state index in [0.29, 0.717) is 0 Å². The topological polar surface area (TPSA) is 17.1 Å². The van der Waals surface area contributed by atoms with E-state index in [-0.39, 0.29) is 5.92 Å². The fourth-order valence-electron chi connectivity index (χ4n) is 1.00. The molecule has 2 heteroatoms. The molecule has 1 aromatic carbocycles. The molecule has 1 nitrogen and oxygen atoms in total. The Labute approximate surface area is 80.2 Å². The summed E-state index contributed by atoms with van der Waals surface area (Å²) in [6, 6.07) is 7.64. The van der Waals surface area contributed by atoms with Crippen LogP contribution in [0.25, 0.3) is 0 Å². The van der Waals surface area contributed by atoms with Crippen LogP contribution in [0.3, 0.4) is 0 Å². The molecule has 1 unspecified atom stereocenters. The average Bonchev–Trinajstić information content (AvgIpc) is 2.10. The summed E-state index contributed by atoms with van der Waals surface area (Å²) < 4.78 is 0.946. The van der Waals surface area contributed by atoms with Crippen LogP contribution in [0.15, 0.2) is 41.4 Å². The second-order valence-electron chi connectivity index (χ2n) is 2.42. The molecule has 0 aliphatic heterocycles. The molecule has 0 aliphatic carbocycles. The molecule has 0 heterocycles. The highest BCUT2D eigenvalue weighted by molar-refractivity contribution is 9.10. The van der Waals surface area contributed by atoms with E-state index in [9.17, 15) is 4.79 Å². The third-order valence-electron chi connectivity index (χ3n) is 1.66. The monoisotopic (exact) mass is 224 g/mol. The normalized spacial score (nSPS) is 12.1. The van der Waals surface area contributed by atoms with Gasteiger partial charge in [0.05, 0.1) is 5.92 Å². The molecule has 12 heavy (non-hydrogen) atoms. The van der Waals surface area contributed by atoms with Gasteiger partial charge in [-0.1, -0.05) is 40.2 Å². The van der Waals surface area contributed by atoms with E-state index >= 15 is 0 Å². The Bertz CT molecular complexity index is 286. The Hall–Kier alpha value is -0.890. The van der Waals surface area contributed by atoms with Gasteiger partial charge in [-0.3, -0.25) is 0 Å². The zero-order valence-corrected chi connectivity index (χ0v) is 8.12. The van der Waals surface area contributed by atoms with E-state index in [1.807, 2.05) is 24.3 Å². The van der Waals surface area contributed by atoms with Crippen molar-refractivity contribution in [2.75, 3.05) is 0 Å². The van der Waals surface area contributed by atoms with Crippen molar-refractivity contribution in [2.24, 2.45) is 0 Å². The Morgan fingerprint density at radius 2 is 2.08 bits per heavy atom. The van der Waals surface area contributed by atoms with Crippen molar-refractivity contribution in [3.05, 3.63) is 47.0 Å². The number of hydrogen-bond acceptors (Lipinski definition) is 1. The van der Waals surface area contributed by atoms with Crippen LogP contribution in [-0.4, -0.2) is 6.29 Å². The van der Waals surface area contributed by atoms with Gasteiger partial charge >= 0.3 is 0 Å². The molecule has 0 bridgehead atoms. The lowest BCUT2D eigenvalue weighted by Gasteiger charge is -2.06. The van der Waals surface area contributed by atoms with Crippen LogP contribution >= 0.6 is 15.9 Å². The SMILES string of the molecule is C=CC(C=O)c1ccccc1Br. The third-order valence-corrected chi connectivity index (χ3v) is 2.39. The third kappa shape index (κ3) is 1.83. The van der Waals surface area contributed by atoms with Crippen molar-refractivity contribution >= 4 is 22.2 Å². The van der Waals surface area contributed by atoms with Crippen LogP contribution in [0, 0.1) is 0 Å². The summed E-state index contributed by atoms with van der Waals surface area (Å²) >= 11 is 3.37. The number of benzene rings is 1. The maximum atomic E-state index is 10.6. The van der Waals surface area contributed by atoms with E-state index in [1.165, 1.54) is 0 Å². The number of halogens is 1. The molecule has 0 radical (unpaired) electrons. The first-order chi connectivity index (χ1) is 5.79. The summed E-state index contributed by atoms with van der Waals surface area (Å²) in [5, 5.41) is 0. The zero-order chi connectivity index (χ0) is 8.97.